The Labute approximate surface area is 134 Å². The van der Waals surface area contributed by atoms with Crippen molar-refractivity contribution in [2.45, 2.75) is 96.9 Å². The quantitative estimate of drug-likeness (QED) is 0.695. The molecule has 0 aliphatic heterocycles. The van der Waals surface area contributed by atoms with Gasteiger partial charge in [0.05, 0.1) is 0 Å². The second-order valence-electron chi connectivity index (χ2n) is 4.81. The molecule has 0 N–H and O–H groups in total. The van der Waals surface area contributed by atoms with Crippen molar-refractivity contribution in [1.29, 1.82) is 0 Å². The van der Waals surface area contributed by atoms with E-state index in [-0.39, 0.29) is 18.3 Å². The Bertz CT molecular complexity index is 105. The molecule has 3 nitrogen and oxygen atoms in total. The summed E-state index contributed by atoms with van der Waals surface area (Å²) in [7, 11) is 0. The van der Waals surface area contributed by atoms with Crippen LogP contribution in [0.5, 0.6) is 0 Å². The van der Waals surface area contributed by atoms with E-state index in [1.807, 2.05) is 20.8 Å². The Morgan fingerprint density at radius 3 is 0.684 bits per heavy atom. The number of rotatable bonds is 3. The van der Waals surface area contributed by atoms with Crippen LogP contribution in [0.15, 0.2) is 0 Å². The minimum atomic E-state index is -0.366. The predicted molar refractivity (Wildman–Crippen MR) is 80.1 cm³/mol. The summed E-state index contributed by atoms with van der Waals surface area (Å²) in [4.78, 5) is 0. The van der Waals surface area contributed by atoms with Crippen LogP contribution in [0.1, 0.15) is 74.7 Å². The molecule has 0 fully saturated rings. The number of hydrogen-bond donors (Lipinski definition) is 0. The van der Waals surface area contributed by atoms with E-state index in [2.05, 4.69) is 13.8 Å². The summed E-state index contributed by atoms with van der Waals surface area (Å²) in [6, 6.07) is 0. The van der Waals surface area contributed by atoms with Gasteiger partial charge in [-0.15, -0.1) is 18.3 Å². The molecule has 0 aromatic carbocycles. The van der Waals surface area contributed by atoms with Crippen molar-refractivity contribution in [2.75, 3.05) is 0 Å². The maximum absolute atomic E-state index is 9.90. The first-order valence-corrected chi connectivity index (χ1v) is 8.88. The van der Waals surface area contributed by atoms with Crippen LogP contribution in [0.3, 0.4) is 0 Å². The molecular weight excluding hydrogens is 347 g/mol. The summed E-state index contributed by atoms with van der Waals surface area (Å²) in [6.07, 6.45) is 1.15. The van der Waals surface area contributed by atoms with E-state index in [0.29, 0.717) is 0 Å². The summed E-state index contributed by atoms with van der Waals surface area (Å²) >= 11 is 1.64. The van der Waals surface area contributed by atoms with Gasteiger partial charge >= 0.3 is 40.3 Å². The molecule has 0 aromatic rings. The second kappa shape index (κ2) is 23.7. The molecule has 116 valence electrons. The molecule has 4 heteroatoms. The van der Waals surface area contributed by atoms with Gasteiger partial charge in [-0.1, -0.05) is 60.8 Å². The minimum absolute atomic E-state index is 0.366. The molecule has 0 rings (SSSR count). The Morgan fingerprint density at radius 1 is 0.632 bits per heavy atom. The van der Waals surface area contributed by atoms with Crippen LogP contribution in [0.4, 0.5) is 0 Å². The monoisotopic (exact) mass is 382 g/mol. The molecule has 0 bridgehead atoms. The fourth-order valence-corrected chi connectivity index (χ4v) is 0. The standard InChI is InChI=1S/3C4H9O.C3H7.Sn/c3*1-3-4(2)5;1-3-2;/h3*4H,3H2,1-2H3;3H,1-2H3;/q3*-1;;+3. The molecule has 0 aromatic heterocycles. The van der Waals surface area contributed by atoms with Crippen LogP contribution in [-0.4, -0.2) is 40.8 Å². The van der Waals surface area contributed by atoms with Crippen LogP contribution in [0.2, 0.25) is 3.93 Å². The topological polar surface area (TPSA) is 69.2 Å². The van der Waals surface area contributed by atoms with Crippen LogP contribution < -0.4 is 15.3 Å². The molecule has 0 saturated carbocycles. The molecule has 0 spiro atoms. The van der Waals surface area contributed by atoms with Gasteiger partial charge in [-0.05, 0) is 0 Å². The molecule has 0 radical (unpaired) electrons. The second-order valence-corrected chi connectivity index (χ2v) is 8.11. The molecular formula is C15H34O3Sn. The zero-order valence-corrected chi connectivity index (χ0v) is 17.0. The zero-order chi connectivity index (χ0) is 16.4. The normalized spacial score (nSPS) is 13.8. The van der Waals surface area contributed by atoms with Gasteiger partial charge in [-0.2, -0.15) is 0 Å². The van der Waals surface area contributed by atoms with Crippen molar-refractivity contribution in [2.24, 2.45) is 0 Å². The summed E-state index contributed by atoms with van der Waals surface area (Å²) in [5, 5.41) is 29.7. The van der Waals surface area contributed by atoms with Crippen molar-refractivity contribution in [3.8, 4) is 0 Å². The van der Waals surface area contributed by atoms with Gasteiger partial charge in [0, 0.05) is 0 Å². The predicted octanol–water partition coefficient (Wildman–Crippen LogP) is 1.42. The van der Waals surface area contributed by atoms with Crippen molar-refractivity contribution >= 4 is 22.5 Å². The zero-order valence-electron chi connectivity index (χ0n) is 14.2. The van der Waals surface area contributed by atoms with Crippen molar-refractivity contribution in [3.63, 3.8) is 0 Å². The van der Waals surface area contributed by atoms with E-state index in [9.17, 15) is 15.3 Å². The molecule has 3 unspecified atom stereocenters. The third-order valence-electron chi connectivity index (χ3n) is 1.72. The first-order chi connectivity index (χ1) is 8.54. The first-order valence-electron chi connectivity index (χ1n) is 7.23. The number of hydrogen-bond acceptors (Lipinski definition) is 3. The fraction of sp³-hybridized carbons (Fsp3) is 1.00. The summed E-state index contributed by atoms with van der Waals surface area (Å²) in [6.45, 7) is 15.1. The Morgan fingerprint density at radius 2 is 0.684 bits per heavy atom. The van der Waals surface area contributed by atoms with E-state index >= 15 is 0 Å². The first kappa shape index (κ1) is 27.9. The van der Waals surface area contributed by atoms with Crippen LogP contribution in [0, 0.1) is 0 Å². The Kier molecular flexibility index (Phi) is 34.9. The van der Waals surface area contributed by atoms with Gasteiger partial charge in [-0.3, -0.25) is 0 Å². The summed E-state index contributed by atoms with van der Waals surface area (Å²) < 4.78 is 0.923. The third kappa shape index (κ3) is 116. The molecule has 3 atom stereocenters. The van der Waals surface area contributed by atoms with E-state index in [0.717, 1.165) is 23.2 Å². The van der Waals surface area contributed by atoms with Crippen molar-refractivity contribution in [1.82, 2.24) is 0 Å². The third-order valence-corrected chi connectivity index (χ3v) is 1.72. The average molecular weight is 381 g/mol. The van der Waals surface area contributed by atoms with Gasteiger partial charge in [0.1, 0.15) is 0 Å². The van der Waals surface area contributed by atoms with E-state index in [1.165, 1.54) is 0 Å². The molecule has 0 heterocycles. The van der Waals surface area contributed by atoms with Gasteiger partial charge in [-0.25, -0.2) is 0 Å². The average Bonchev–Trinajstić information content (AvgIpc) is 2.29. The van der Waals surface area contributed by atoms with E-state index in [4.69, 9.17) is 0 Å². The van der Waals surface area contributed by atoms with Gasteiger partial charge < -0.3 is 15.3 Å². The molecule has 0 saturated heterocycles. The van der Waals surface area contributed by atoms with Crippen LogP contribution in [0.25, 0.3) is 0 Å². The summed E-state index contributed by atoms with van der Waals surface area (Å²) in [5.74, 6) is 0. The van der Waals surface area contributed by atoms with Crippen molar-refractivity contribution in [3.05, 3.63) is 0 Å². The summed E-state index contributed by atoms with van der Waals surface area (Å²) in [5.41, 5.74) is 0. The maximum atomic E-state index is 9.90. The Balaban J connectivity index is -0.0000000793. The Hall–Kier alpha value is 0.679. The van der Waals surface area contributed by atoms with Gasteiger partial charge in [0.25, 0.3) is 0 Å². The van der Waals surface area contributed by atoms with Crippen LogP contribution in [-0.2, 0) is 0 Å². The van der Waals surface area contributed by atoms with Crippen LogP contribution >= 0.6 is 0 Å². The SMILES string of the molecule is CCC(C)[O-].CCC(C)[O-].CCC(C)[O-].C[CH](C)[Sn+3]. The van der Waals surface area contributed by atoms with Gasteiger partial charge in [0.2, 0.25) is 0 Å². The van der Waals surface area contributed by atoms with E-state index in [1.54, 1.807) is 43.3 Å². The van der Waals surface area contributed by atoms with Gasteiger partial charge in [0.15, 0.2) is 0 Å². The molecule has 19 heavy (non-hydrogen) atoms. The van der Waals surface area contributed by atoms with E-state index < -0.39 is 0 Å². The molecule has 0 amide bonds. The van der Waals surface area contributed by atoms with Crippen molar-refractivity contribution < 1.29 is 15.3 Å². The molecule has 0 aliphatic carbocycles. The molecule has 0 aliphatic rings. The fourth-order valence-electron chi connectivity index (χ4n) is 0.